The number of hydrogen-bond donors (Lipinski definition) is 1. The van der Waals surface area contributed by atoms with Crippen LogP contribution >= 0.6 is 0 Å². The molecular formula is C33H38N6O4. The monoisotopic (exact) mass is 582 g/mol. The van der Waals surface area contributed by atoms with E-state index < -0.39 is 5.76 Å². The molecule has 0 aliphatic heterocycles. The van der Waals surface area contributed by atoms with E-state index in [0.717, 1.165) is 46.6 Å². The summed E-state index contributed by atoms with van der Waals surface area (Å²) in [5.74, 6) is 1.63. The van der Waals surface area contributed by atoms with Crippen LogP contribution in [0.25, 0.3) is 22.5 Å². The number of H-pyrrole nitrogens is 1. The summed E-state index contributed by atoms with van der Waals surface area (Å²) < 4.78 is 12.1. The molecule has 0 spiro atoms. The minimum atomic E-state index is -0.602. The Morgan fingerprint density at radius 2 is 1.65 bits per heavy atom. The number of unbranched alkanes of at least 4 members (excludes halogenated alkanes) is 1. The molecule has 43 heavy (non-hydrogen) atoms. The van der Waals surface area contributed by atoms with Crippen LogP contribution in [0.4, 0.5) is 0 Å². The molecule has 0 atom stereocenters. The van der Waals surface area contributed by atoms with E-state index in [1.54, 1.807) is 4.57 Å². The van der Waals surface area contributed by atoms with Crippen molar-refractivity contribution in [2.24, 2.45) is 0 Å². The van der Waals surface area contributed by atoms with Gasteiger partial charge in [0.2, 0.25) is 5.89 Å². The molecule has 0 bridgehead atoms. The van der Waals surface area contributed by atoms with Crippen molar-refractivity contribution in [2.75, 3.05) is 0 Å². The van der Waals surface area contributed by atoms with Crippen molar-refractivity contribution in [3.05, 3.63) is 104 Å². The standard InChI is InChI=1S/C33H38N6O4/c1-7-8-13-26-34-28(20(2)3)25(18-27-35-31(38-42-27)33(4,5)6)30(40)39(26)19-21-14-16-22(17-15-21)23-11-9-10-12-24(23)29-36-32(41)43-37-29/h9-12,14-17,20H,7-8,13,18-19H2,1-6H3,(H,36,37,41). The molecule has 2 aromatic carbocycles. The second-order valence-corrected chi connectivity index (χ2v) is 12.2. The van der Waals surface area contributed by atoms with E-state index in [2.05, 4.69) is 41.1 Å². The number of aromatic nitrogens is 6. The van der Waals surface area contributed by atoms with E-state index in [4.69, 9.17) is 14.0 Å². The Bertz CT molecular complexity index is 1820. The Hall–Kier alpha value is -4.60. The van der Waals surface area contributed by atoms with Crippen LogP contribution in [0.1, 0.15) is 94.7 Å². The van der Waals surface area contributed by atoms with Gasteiger partial charge in [0.05, 0.1) is 18.7 Å². The number of rotatable bonds is 10. The fraction of sp³-hybridized carbons (Fsp3) is 0.394. The molecule has 5 aromatic rings. The zero-order chi connectivity index (χ0) is 30.7. The molecule has 3 heterocycles. The average molecular weight is 583 g/mol. The summed E-state index contributed by atoms with van der Waals surface area (Å²) in [6.45, 7) is 12.7. The van der Waals surface area contributed by atoms with Crippen molar-refractivity contribution < 1.29 is 9.05 Å². The first-order valence-corrected chi connectivity index (χ1v) is 14.8. The van der Waals surface area contributed by atoms with Gasteiger partial charge in [-0.1, -0.05) is 107 Å². The first-order chi connectivity index (χ1) is 20.5. The molecule has 0 aliphatic rings. The maximum atomic E-state index is 14.2. The molecule has 1 N–H and O–H groups in total. The first kappa shape index (κ1) is 29.9. The lowest BCUT2D eigenvalue weighted by Gasteiger charge is -2.19. The molecule has 3 aromatic heterocycles. The van der Waals surface area contributed by atoms with Gasteiger partial charge in [-0.05, 0) is 29.0 Å². The van der Waals surface area contributed by atoms with E-state index in [9.17, 15) is 9.59 Å². The predicted molar refractivity (Wildman–Crippen MR) is 164 cm³/mol. The minimum Gasteiger partial charge on any atom is -0.339 e. The minimum absolute atomic E-state index is 0.0572. The van der Waals surface area contributed by atoms with E-state index >= 15 is 0 Å². The third kappa shape index (κ3) is 6.58. The Morgan fingerprint density at radius 3 is 2.26 bits per heavy atom. The summed E-state index contributed by atoms with van der Waals surface area (Å²) >= 11 is 0. The van der Waals surface area contributed by atoms with E-state index in [-0.39, 0.29) is 23.3 Å². The predicted octanol–water partition coefficient (Wildman–Crippen LogP) is 6.04. The fourth-order valence-electron chi connectivity index (χ4n) is 5.03. The van der Waals surface area contributed by atoms with Gasteiger partial charge in [0.1, 0.15) is 5.82 Å². The van der Waals surface area contributed by atoms with Gasteiger partial charge in [-0.2, -0.15) is 4.98 Å². The van der Waals surface area contributed by atoms with Crippen LogP contribution in [0, 0.1) is 0 Å². The number of benzene rings is 2. The lowest BCUT2D eigenvalue weighted by Crippen LogP contribution is -2.31. The Labute approximate surface area is 250 Å². The van der Waals surface area contributed by atoms with Crippen LogP contribution in [0.2, 0.25) is 0 Å². The van der Waals surface area contributed by atoms with Gasteiger partial charge in [-0.15, -0.1) is 0 Å². The SMILES string of the molecule is CCCCc1nc(C(C)C)c(Cc2nc(C(C)(C)C)no2)c(=O)n1Cc1ccc(-c2ccccc2-c2noc(=O)[nH]2)cc1. The Kier molecular flexibility index (Phi) is 8.57. The fourth-order valence-corrected chi connectivity index (χ4v) is 5.03. The molecule has 0 unspecified atom stereocenters. The third-order valence-corrected chi connectivity index (χ3v) is 7.37. The van der Waals surface area contributed by atoms with E-state index in [1.807, 2.05) is 69.3 Å². The lowest BCUT2D eigenvalue weighted by atomic mass is 9.96. The zero-order valence-corrected chi connectivity index (χ0v) is 25.6. The summed E-state index contributed by atoms with van der Waals surface area (Å²) in [6.07, 6.45) is 2.87. The summed E-state index contributed by atoms with van der Waals surface area (Å²) in [5, 5.41) is 8.01. The number of aromatic amines is 1. The first-order valence-electron chi connectivity index (χ1n) is 14.8. The van der Waals surface area contributed by atoms with Crippen molar-refractivity contribution in [2.45, 2.75) is 85.1 Å². The summed E-state index contributed by atoms with van der Waals surface area (Å²) in [4.78, 5) is 38.0. The quantitative estimate of drug-likeness (QED) is 0.211. The highest BCUT2D eigenvalue weighted by molar-refractivity contribution is 5.80. The number of nitrogens with one attached hydrogen (secondary N) is 1. The summed E-state index contributed by atoms with van der Waals surface area (Å²) in [7, 11) is 0. The van der Waals surface area contributed by atoms with Gasteiger partial charge in [-0.25, -0.2) is 9.78 Å². The van der Waals surface area contributed by atoms with Crippen LogP contribution in [-0.4, -0.2) is 29.8 Å². The molecule has 0 amide bonds. The van der Waals surface area contributed by atoms with Gasteiger partial charge in [0.15, 0.2) is 11.6 Å². The summed E-state index contributed by atoms with van der Waals surface area (Å²) in [5.41, 5.74) is 4.60. The Morgan fingerprint density at radius 1 is 0.930 bits per heavy atom. The highest BCUT2D eigenvalue weighted by atomic mass is 16.5. The molecule has 0 saturated carbocycles. The van der Waals surface area contributed by atoms with Gasteiger partial charge in [0, 0.05) is 23.0 Å². The highest BCUT2D eigenvalue weighted by Crippen LogP contribution is 2.30. The zero-order valence-electron chi connectivity index (χ0n) is 25.6. The molecule has 0 fully saturated rings. The van der Waals surface area contributed by atoms with Crippen molar-refractivity contribution in [3.63, 3.8) is 0 Å². The number of hydrogen-bond acceptors (Lipinski definition) is 8. The normalized spacial score (nSPS) is 11.9. The largest absolute Gasteiger partial charge is 0.439 e. The molecule has 10 heteroatoms. The van der Waals surface area contributed by atoms with E-state index in [1.165, 1.54) is 0 Å². The van der Waals surface area contributed by atoms with Crippen molar-refractivity contribution in [1.82, 2.24) is 29.8 Å². The van der Waals surface area contributed by atoms with Gasteiger partial charge >= 0.3 is 5.76 Å². The molecule has 224 valence electrons. The van der Waals surface area contributed by atoms with Crippen molar-refractivity contribution in [1.29, 1.82) is 0 Å². The van der Waals surface area contributed by atoms with Crippen LogP contribution in [-0.2, 0) is 24.8 Å². The smallest absolute Gasteiger partial charge is 0.339 e. The highest BCUT2D eigenvalue weighted by Gasteiger charge is 2.24. The van der Waals surface area contributed by atoms with E-state index in [0.29, 0.717) is 36.1 Å². The van der Waals surface area contributed by atoms with Crippen LogP contribution < -0.4 is 11.3 Å². The topological polar surface area (TPSA) is 133 Å². The number of nitrogens with zero attached hydrogens (tertiary/aromatic N) is 5. The summed E-state index contributed by atoms with van der Waals surface area (Å²) in [6, 6.07) is 15.7. The van der Waals surface area contributed by atoms with Crippen LogP contribution in [0.3, 0.4) is 0 Å². The van der Waals surface area contributed by atoms with Crippen LogP contribution in [0.15, 0.2) is 67.2 Å². The van der Waals surface area contributed by atoms with Gasteiger partial charge < -0.3 is 4.52 Å². The molecule has 0 radical (unpaired) electrons. The maximum absolute atomic E-state index is 14.2. The number of aryl methyl sites for hydroxylation is 1. The van der Waals surface area contributed by atoms with Crippen LogP contribution in [0.5, 0.6) is 0 Å². The van der Waals surface area contributed by atoms with Crippen molar-refractivity contribution >= 4 is 0 Å². The maximum Gasteiger partial charge on any atom is 0.439 e. The average Bonchev–Trinajstić information content (AvgIpc) is 3.64. The van der Waals surface area contributed by atoms with Gasteiger partial charge in [0.25, 0.3) is 5.56 Å². The lowest BCUT2D eigenvalue weighted by molar-refractivity contribution is 0.367. The molecule has 0 aliphatic carbocycles. The van der Waals surface area contributed by atoms with Gasteiger partial charge in [-0.3, -0.25) is 18.9 Å². The second-order valence-electron chi connectivity index (χ2n) is 12.2. The second kappa shape index (κ2) is 12.3. The van der Waals surface area contributed by atoms with Crippen molar-refractivity contribution in [3.8, 4) is 22.5 Å². The molecule has 10 nitrogen and oxygen atoms in total. The molecule has 5 rings (SSSR count). The Balaban J connectivity index is 1.51. The molecular weight excluding hydrogens is 544 g/mol. The molecule has 0 saturated heterocycles. The third-order valence-electron chi connectivity index (χ3n) is 7.37.